The molecule has 0 aromatic heterocycles. The van der Waals surface area contributed by atoms with E-state index in [0.717, 1.165) is 0 Å². The Morgan fingerprint density at radius 1 is 1.36 bits per heavy atom. The SMILES string of the molecule is CNC1(C)Nc2ccccc21. The van der Waals surface area contributed by atoms with Gasteiger partial charge in [-0.2, -0.15) is 0 Å². The molecule has 1 heterocycles. The highest BCUT2D eigenvalue weighted by molar-refractivity contribution is 5.65. The number of nitrogens with one attached hydrogen (secondary N) is 2. The van der Waals surface area contributed by atoms with Crippen molar-refractivity contribution in [3.05, 3.63) is 29.8 Å². The molecule has 0 amide bonds. The molecule has 2 rings (SSSR count). The van der Waals surface area contributed by atoms with Gasteiger partial charge in [0.2, 0.25) is 0 Å². The van der Waals surface area contributed by atoms with Crippen LogP contribution >= 0.6 is 0 Å². The molecule has 0 aliphatic carbocycles. The number of para-hydroxylation sites is 1. The molecule has 1 aromatic carbocycles. The summed E-state index contributed by atoms with van der Waals surface area (Å²) in [4.78, 5) is 0. The molecule has 2 nitrogen and oxygen atoms in total. The van der Waals surface area contributed by atoms with Crippen LogP contribution in [0.1, 0.15) is 12.5 Å². The second-order valence-electron chi connectivity index (χ2n) is 3.05. The third kappa shape index (κ3) is 0.761. The van der Waals surface area contributed by atoms with Gasteiger partial charge in [0.15, 0.2) is 0 Å². The van der Waals surface area contributed by atoms with E-state index in [4.69, 9.17) is 0 Å². The van der Waals surface area contributed by atoms with Gasteiger partial charge < -0.3 is 5.32 Å². The van der Waals surface area contributed by atoms with Gasteiger partial charge in [0.25, 0.3) is 0 Å². The molecular formula is C9H12N2. The molecule has 58 valence electrons. The Hall–Kier alpha value is -1.02. The fourth-order valence-corrected chi connectivity index (χ4v) is 1.50. The molecule has 1 aliphatic rings. The summed E-state index contributed by atoms with van der Waals surface area (Å²) in [5, 5.41) is 6.56. The molecule has 1 aliphatic heterocycles. The zero-order chi connectivity index (χ0) is 7.90. The van der Waals surface area contributed by atoms with Crippen molar-refractivity contribution in [1.29, 1.82) is 0 Å². The van der Waals surface area contributed by atoms with Crippen molar-refractivity contribution in [2.45, 2.75) is 12.6 Å². The fraction of sp³-hybridized carbons (Fsp3) is 0.333. The average Bonchev–Trinajstić information content (AvgIpc) is 2.02. The van der Waals surface area contributed by atoms with E-state index in [1.54, 1.807) is 0 Å². The predicted octanol–water partition coefficient (Wildman–Crippen LogP) is 1.50. The Bertz CT molecular complexity index is 283. The molecule has 0 saturated heterocycles. The van der Waals surface area contributed by atoms with Gasteiger partial charge in [0.05, 0.1) is 0 Å². The van der Waals surface area contributed by atoms with E-state index in [2.05, 4.69) is 35.8 Å². The lowest BCUT2D eigenvalue weighted by Gasteiger charge is -2.42. The van der Waals surface area contributed by atoms with Crippen LogP contribution in [0.2, 0.25) is 0 Å². The quantitative estimate of drug-likeness (QED) is 0.630. The van der Waals surface area contributed by atoms with E-state index in [0.29, 0.717) is 0 Å². The number of hydrogen-bond donors (Lipinski definition) is 2. The molecule has 2 heteroatoms. The topological polar surface area (TPSA) is 24.1 Å². The van der Waals surface area contributed by atoms with Crippen molar-refractivity contribution in [3.63, 3.8) is 0 Å². The number of rotatable bonds is 1. The highest BCUT2D eigenvalue weighted by Crippen LogP contribution is 2.38. The summed E-state index contributed by atoms with van der Waals surface area (Å²) in [6.07, 6.45) is 0. The summed E-state index contributed by atoms with van der Waals surface area (Å²) in [5.41, 5.74) is 2.59. The van der Waals surface area contributed by atoms with E-state index in [9.17, 15) is 0 Å². The Balaban J connectivity index is 2.43. The van der Waals surface area contributed by atoms with Gasteiger partial charge >= 0.3 is 0 Å². The molecule has 2 N–H and O–H groups in total. The molecule has 0 radical (unpaired) electrons. The Morgan fingerprint density at radius 3 is 2.73 bits per heavy atom. The maximum absolute atomic E-state index is 3.34. The third-order valence-corrected chi connectivity index (χ3v) is 2.35. The summed E-state index contributed by atoms with van der Waals surface area (Å²) in [5.74, 6) is 0. The monoisotopic (exact) mass is 148 g/mol. The molecule has 11 heavy (non-hydrogen) atoms. The third-order valence-electron chi connectivity index (χ3n) is 2.35. The van der Waals surface area contributed by atoms with Crippen LogP contribution < -0.4 is 10.6 Å². The van der Waals surface area contributed by atoms with Crippen LogP contribution in [0.3, 0.4) is 0 Å². The zero-order valence-corrected chi connectivity index (χ0v) is 6.81. The van der Waals surface area contributed by atoms with E-state index in [1.807, 2.05) is 13.1 Å². The molecule has 0 bridgehead atoms. The lowest BCUT2D eigenvalue weighted by Crippen LogP contribution is -2.51. The standard InChI is InChI=1S/C9H12N2/c1-9(10-2)7-5-3-4-6-8(7)11-9/h3-6,10-11H,1-2H3. The first-order valence-corrected chi connectivity index (χ1v) is 3.83. The first-order valence-electron chi connectivity index (χ1n) is 3.83. The van der Waals surface area contributed by atoms with Crippen molar-refractivity contribution in [3.8, 4) is 0 Å². The summed E-state index contributed by atoms with van der Waals surface area (Å²) in [6, 6.07) is 8.34. The van der Waals surface area contributed by atoms with Crippen molar-refractivity contribution < 1.29 is 0 Å². The van der Waals surface area contributed by atoms with Gasteiger partial charge in [-0.05, 0) is 20.0 Å². The van der Waals surface area contributed by atoms with Gasteiger partial charge in [0.1, 0.15) is 5.66 Å². The van der Waals surface area contributed by atoms with E-state index < -0.39 is 0 Å². The van der Waals surface area contributed by atoms with Crippen LogP contribution in [0.5, 0.6) is 0 Å². The van der Waals surface area contributed by atoms with E-state index in [1.165, 1.54) is 11.3 Å². The molecular weight excluding hydrogens is 136 g/mol. The highest BCUT2D eigenvalue weighted by atomic mass is 15.2. The summed E-state index contributed by atoms with van der Waals surface area (Å²) in [6.45, 7) is 2.13. The molecule has 1 aromatic rings. The zero-order valence-electron chi connectivity index (χ0n) is 6.81. The van der Waals surface area contributed by atoms with E-state index >= 15 is 0 Å². The molecule has 1 unspecified atom stereocenters. The summed E-state index contributed by atoms with van der Waals surface area (Å²) < 4.78 is 0. The minimum absolute atomic E-state index is 0.00338. The highest BCUT2D eigenvalue weighted by Gasteiger charge is 2.35. The molecule has 0 saturated carbocycles. The Kier molecular flexibility index (Phi) is 1.20. The minimum atomic E-state index is -0.00338. The normalized spacial score (nSPS) is 26.7. The Labute approximate surface area is 66.6 Å². The first kappa shape index (κ1) is 6.68. The first-order chi connectivity index (χ1) is 5.26. The number of fused-ring (bicyclic) bond motifs is 1. The largest absolute Gasteiger partial charge is 0.363 e. The van der Waals surface area contributed by atoms with Crippen molar-refractivity contribution in [2.75, 3.05) is 12.4 Å². The van der Waals surface area contributed by atoms with Crippen LogP contribution in [-0.4, -0.2) is 7.05 Å². The lowest BCUT2D eigenvalue weighted by molar-refractivity contribution is 0.428. The minimum Gasteiger partial charge on any atom is -0.363 e. The molecule has 1 atom stereocenters. The smallest absolute Gasteiger partial charge is 0.113 e. The second-order valence-corrected chi connectivity index (χ2v) is 3.05. The van der Waals surface area contributed by atoms with E-state index in [-0.39, 0.29) is 5.66 Å². The predicted molar refractivity (Wildman–Crippen MR) is 46.5 cm³/mol. The van der Waals surface area contributed by atoms with Crippen LogP contribution in [0.4, 0.5) is 5.69 Å². The lowest BCUT2D eigenvalue weighted by atomic mass is 9.91. The van der Waals surface area contributed by atoms with Gasteiger partial charge in [-0.1, -0.05) is 18.2 Å². The van der Waals surface area contributed by atoms with Crippen LogP contribution in [-0.2, 0) is 5.66 Å². The van der Waals surface area contributed by atoms with Crippen molar-refractivity contribution in [1.82, 2.24) is 5.32 Å². The molecule has 0 fully saturated rings. The van der Waals surface area contributed by atoms with Crippen molar-refractivity contribution in [2.24, 2.45) is 0 Å². The summed E-state index contributed by atoms with van der Waals surface area (Å²) in [7, 11) is 1.96. The number of hydrogen-bond acceptors (Lipinski definition) is 2. The van der Waals surface area contributed by atoms with Crippen LogP contribution in [0.15, 0.2) is 24.3 Å². The average molecular weight is 148 g/mol. The Morgan fingerprint density at radius 2 is 2.09 bits per heavy atom. The van der Waals surface area contributed by atoms with Crippen molar-refractivity contribution >= 4 is 5.69 Å². The van der Waals surface area contributed by atoms with Gasteiger partial charge in [-0.15, -0.1) is 0 Å². The maximum Gasteiger partial charge on any atom is 0.113 e. The van der Waals surface area contributed by atoms with Gasteiger partial charge in [-0.3, -0.25) is 5.32 Å². The number of anilines is 1. The van der Waals surface area contributed by atoms with Crippen LogP contribution in [0, 0.1) is 0 Å². The molecule has 0 spiro atoms. The fourth-order valence-electron chi connectivity index (χ4n) is 1.50. The summed E-state index contributed by atoms with van der Waals surface area (Å²) >= 11 is 0. The number of benzene rings is 1. The van der Waals surface area contributed by atoms with Gasteiger partial charge in [-0.25, -0.2) is 0 Å². The maximum atomic E-state index is 3.34. The second kappa shape index (κ2) is 1.98. The van der Waals surface area contributed by atoms with Crippen LogP contribution in [0.25, 0.3) is 0 Å². The van der Waals surface area contributed by atoms with Gasteiger partial charge in [0, 0.05) is 11.3 Å².